The second kappa shape index (κ2) is 12.7. The smallest absolute Gasteiger partial charge is 0.192 e. The molecule has 12 rings (SSSR count). The summed E-state index contributed by atoms with van der Waals surface area (Å²) < 4.78 is 16.4. The number of hydrogen-bond donors (Lipinski definition) is 0. The van der Waals surface area contributed by atoms with E-state index >= 15 is 0 Å². The van der Waals surface area contributed by atoms with E-state index in [2.05, 4.69) is 209 Å². The Labute approximate surface area is 438 Å². The molecule has 1 spiro atoms. The predicted molar refractivity (Wildman–Crippen MR) is 266 cm³/mol. The van der Waals surface area contributed by atoms with Crippen LogP contribution in [0.5, 0.6) is 0 Å². The first-order valence-electron chi connectivity index (χ1n) is 15.5. The lowest BCUT2D eigenvalue weighted by atomic mass is 10.1. The molecule has 1 atom stereocenters. The number of halogens is 16. The highest BCUT2D eigenvalue weighted by molar-refractivity contribution is 9.14. The van der Waals surface area contributed by atoms with Gasteiger partial charge in [-0.2, -0.15) is 9.13 Å². The van der Waals surface area contributed by atoms with E-state index in [4.69, 9.17) is 66.4 Å². The molecule has 0 saturated carbocycles. The third-order valence-corrected chi connectivity index (χ3v) is 25.6. The van der Waals surface area contributed by atoms with Gasteiger partial charge < -0.3 is 0 Å². The molecule has 0 radical (unpaired) electrons. The lowest BCUT2D eigenvalue weighted by molar-refractivity contribution is -0.790. The molecule has 282 valence electrons. The zero-order valence-corrected chi connectivity index (χ0v) is 48.2. The van der Waals surface area contributed by atoms with Crippen LogP contribution in [0.2, 0.25) is 20.1 Å². The largest absolute Gasteiger partial charge is 0.404 e. The van der Waals surface area contributed by atoms with Gasteiger partial charge in [-0.1, -0.05) is 66.4 Å². The molecule has 1 unspecified atom stereocenters. The second-order valence-electron chi connectivity index (χ2n) is 13.0. The molecule has 0 bridgehead atoms. The minimum Gasteiger partial charge on any atom is -0.192 e. The Bertz CT molecular complexity index is 3330. The molecule has 0 saturated heterocycles. The minimum absolute atomic E-state index is 0.456. The third kappa shape index (κ3) is 4.30. The van der Waals surface area contributed by atoms with Crippen LogP contribution < -0.4 is 11.0 Å². The van der Waals surface area contributed by atoms with Gasteiger partial charge in [0.2, 0.25) is 22.6 Å². The van der Waals surface area contributed by atoms with Gasteiger partial charge in [-0.25, -0.2) is 0 Å². The van der Waals surface area contributed by atoms with Crippen molar-refractivity contribution in [1.29, 1.82) is 0 Å². The average molecular weight is 1610 g/mol. The molecule has 2 aromatic heterocycles. The first kappa shape index (κ1) is 39.7. The van der Waals surface area contributed by atoms with Crippen LogP contribution in [-0.2, 0) is 5.91 Å². The van der Waals surface area contributed by atoms with Crippen molar-refractivity contribution in [1.82, 2.24) is 9.13 Å². The minimum atomic E-state index is -1.43. The quantitative estimate of drug-likeness (QED) is 0.0826. The monoisotopic (exact) mass is 1590 g/mol. The van der Waals surface area contributed by atoms with E-state index in [1.807, 2.05) is 0 Å². The lowest BCUT2D eigenvalue weighted by Crippen LogP contribution is -2.71. The highest BCUT2D eigenvalue weighted by atomic mass is 79.9. The average Bonchev–Trinajstić information content (AvgIpc) is 3.92. The molecule has 0 fully saturated rings. The van der Waals surface area contributed by atoms with Gasteiger partial charge >= 0.3 is 5.91 Å². The fraction of sp³-hybridized carbons (Fsp3) is 0.0303. The number of aromatic nitrogens is 2. The van der Waals surface area contributed by atoms with E-state index in [1.165, 1.54) is 0 Å². The van der Waals surface area contributed by atoms with E-state index in [0.717, 1.165) is 43.8 Å². The summed E-state index contributed by atoms with van der Waals surface area (Å²) >= 11 is 74.5. The molecular formula is C33Br12Cl4N8+2. The van der Waals surface area contributed by atoms with E-state index < -0.39 is 5.91 Å². The maximum atomic E-state index is 7.08. The number of benzene rings is 4. The van der Waals surface area contributed by atoms with Crippen molar-refractivity contribution >= 4 is 294 Å². The Morgan fingerprint density at radius 3 is 1.25 bits per heavy atom. The van der Waals surface area contributed by atoms with Gasteiger partial charge in [0.1, 0.15) is 0 Å². The summed E-state index contributed by atoms with van der Waals surface area (Å²) in [6, 6.07) is 0. The van der Waals surface area contributed by atoms with E-state index in [0.29, 0.717) is 120 Å². The van der Waals surface area contributed by atoms with Crippen LogP contribution in [0, 0.1) is 0 Å². The SMILES string of the molecule is Clc1c(Br)c(Br)c2c(c1Br)C1=[N+]3C2=Nc2c4c(Br)c(Cl)c(Br)c(Br)c4c4n2C32n3c(c5c(Br)c(Cl)c(Br)c(Br)c5c3=N1)=NC1=[N+]2C(=N4)c2c(Br)c(Cl)c(Br)c(Br)c21. The molecule has 4 aromatic carbocycles. The summed E-state index contributed by atoms with van der Waals surface area (Å²) in [5.41, 5.74) is 4.11. The summed E-state index contributed by atoms with van der Waals surface area (Å²) in [5.74, 6) is 2.02. The molecule has 6 aromatic rings. The first-order chi connectivity index (χ1) is 27.0. The number of amidine groups is 4. The topological polar surface area (TPSA) is 65.3 Å². The molecule has 0 aliphatic carbocycles. The Balaban J connectivity index is 1.47. The summed E-state index contributed by atoms with van der Waals surface area (Å²) in [6.45, 7) is 0. The zero-order chi connectivity index (χ0) is 40.1. The number of fused-ring (bicyclic) bond motifs is 12. The van der Waals surface area contributed by atoms with Crippen molar-refractivity contribution in [3.8, 4) is 0 Å². The van der Waals surface area contributed by atoms with Gasteiger partial charge in [0.25, 0.3) is 23.3 Å². The highest BCUT2D eigenvalue weighted by Crippen LogP contribution is 2.60. The molecular weight excluding hydrogens is 1610 g/mol. The molecule has 57 heavy (non-hydrogen) atoms. The predicted octanol–water partition coefficient (Wildman–Crippen LogP) is 15.5. The van der Waals surface area contributed by atoms with Crippen molar-refractivity contribution in [2.24, 2.45) is 20.0 Å². The summed E-state index contributed by atoms with van der Waals surface area (Å²) in [7, 11) is 0. The Morgan fingerprint density at radius 1 is 0.368 bits per heavy atom. The van der Waals surface area contributed by atoms with Crippen LogP contribution in [0.1, 0.15) is 22.3 Å². The molecule has 8 heterocycles. The summed E-state index contributed by atoms with van der Waals surface area (Å²) in [6.07, 6.45) is 0. The fourth-order valence-corrected chi connectivity index (χ4v) is 16.9. The first-order valence-corrected chi connectivity index (χ1v) is 26.5. The maximum absolute atomic E-state index is 7.08. The number of hydrogen-bond acceptors (Lipinski definition) is 4. The van der Waals surface area contributed by atoms with E-state index in [1.54, 1.807) is 0 Å². The number of aliphatic imine (C=N–C) groups is 2. The van der Waals surface area contributed by atoms with Gasteiger partial charge in [0, 0.05) is 17.9 Å². The molecule has 24 heteroatoms. The Hall–Kier alpha value is 1.16. The van der Waals surface area contributed by atoms with Crippen LogP contribution >= 0.6 is 238 Å². The van der Waals surface area contributed by atoms with Gasteiger partial charge in [-0.05, 0) is 191 Å². The van der Waals surface area contributed by atoms with Crippen molar-refractivity contribution in [3.05, 3.63) is 107 Å². The Morgan fingerprint density at radius 2 is 0.719 bits per heavy atom. The van der Waals surface area contributed by atoms with Crippen LogP contribution in [0.4, 0.5) is 11.6 Å². The number of rotatable bonds is 0. The van der Waals surface area contributed by atoms with Gasteiger partial charge in [0.05, 0.1) is 99.7 Å². The van der Waals surface area contributed by atoms with Crippen molar-refractivity contribution in [2.75, 3.05) is 0 Å². The van der Waals surface area contributed by atoms with Crippen LogP contribution in [-0.4, -0.2) is 41.6 Å². The Kier molecular flexibility index (Phi) is 8.85. The van der Waals surface area contributed by atoms with Crippen LogP contribution in [0.3, 0.4) is 0 Å². The van der Waals surface area contributed by atoms with Gasteiger partial charge in [-0.15, -0.1) is 9.15 Å². The molecule has 0 N–H and O–H groups in total. The van der Waals surface area contributed by atoms with Crippen LogP contribution in [0.15, 0.2) is 73.6 Å². The van der Waals surface area contributed by atoms with E-state index in [9.17, 15) is 0 Å². The van der Waals surface area contributed by atoms with Crippen molar-refractivity contribution < 1.29 is 9.15 Å². The van der Waals surface area contributed by atoms with Crippen LogP contribution in [0.25, 0.3) is 21.5 Å². The standard InChI is InChI=1S/C33Br12Cl4N8/c34-9-1-5(13(38)21(46)17(9)42)29-51-26-3-7(15(40)23(48)19(44)11(3)36)31-53-28-4-8(16(41)24(49)20(45)12(4)37)32-52-27-2-6(14(39)22(47)18(43)10(2)35)30-50-25(1)54(29)33(55(27)30,56(26)31)57(28)32/q+2. The summed E-state index contributed by atoms with van der Waals surface area (Å²) in [4.78, 5) is 22.2. The summed E-state index contributed by atoms with van der Waals surface area (Å²) in [5, 5.41) is 4.79. The third-order valence-electron chi connectivity index (χ3n) is 10.6. The van der Waals surface area contributed by atoms with Crippen molar-refractivity contribution in [3.63, 3.8) is 0 Å². The van der Waals surface area contributed by atoms with Gasteiger partial charge in [0.15, 0.2) is 0 Å². The normalized spacial score (nSPS) is 18.6. The molecule has 6 aliphatic rings. The highest BCUT2D eigenvalue weighted by Gasteiger charge is 2.71. The zero-order valence-electron chi connectivity index (χ0n) is 26.1. The molecule has 8 nitrogen and oxygen atoms in total. The van der Waals surface area contributed by atoms with E-state index in [-0.39, 0.29) is 0 Å². The lowest BCUT2D eigenvalue weighted by Gasteiger charge is -2.40. The maximum Gasteiger partial charge on any atom is 0.404 e. The number of nitrogens with zero attached hydrogens (tertiary/aromatic N) is 8. The molecule has 6 aliphatic heterocycles. The second-order valence-corrected chi connectivity index (χ2v) is 24.0. The fourth-order valence-electron chi connectivity index (χ4n) is 8.49. The molecule has 0 amide bonds. The van der Waals surface area contributed by atoms with Gasteiger partial charge in [-0.3, -0.25) is 0 Å². The van der Waals surface area contributed by atoms with Crippen molar-refractivity contribution in [2.45, 2.75) is 5.91 Å².